The number of hydrogen-bond donors (Lipinski definition) is 2. The maximum atomic E-state index is 5.65. The van der Waals surface area contributed by atoms with Crippen LogP contribution in [0.25, 0.3) is 0 Å². The summed E-state index contributed by atoms with van der Waals surface area (Å²) in [6.07, 6.45) is 5.53. The van der Waals surface area contributed by atoms with Crippen LogP contribution >= 0.6 is 12.2 Å². The zero-order valence-electron chi connectivity index (χ0n) is 17.3. The Hall–Kier alpha value is -1.91. The molecule has 2 N–H and O–H groups in total. The lowest BCUT2D eigenvalue weighted by Crippen LogP contribution is -2.50. The van der Waals surface area contributed by atoms with Crippen molar-refractivity contribution in [3.05, 3.63) is 71.8 Å². The molecule has 0 radical (unpaired) electrons. The summed E-state index contributed by atoms with van der Waals surface area (Å²) in [5.41, 5.74) is 2.84. The quantitative estimate of drug-likeness (QED) is 0.673. The monoisotopic (exact) mass is 395 g/mol. The van der Waals surface area contributed by atoms with Crippen LogP contribution in [0.4, 0.5) is 0 Å². The van der Waals surface area contributed by atoms with Gasteiger partial charge in [-0.2, -0.15) is 0 Å². The second-order valence-corrected chi connectivity index (χ2v) is 8.46. The minimum absolute atomic E-state index is 0.129. The number of thiocarbonyl (C=S) groups is 1. The van der Waals surface area contributed by atoms with Crippen molar-refractivity contribution in [3.8, 4) is 0 Å². The average molecular weight is 396 g/mol. The van der Waals surface area contributed by atoms with E-state index in [-0.39, 0.29) is 11.6 Å². The van der Waals surface area contributed by atoms with Crippen LogP contribution in [0.3, 0.4) is 0 Å². The highest BCUT2D eigenvalue weighted by molar-refractivity contribution is 7.80. The van der Waals surface area contributed by atoms with Crippen molar-refractivity contribution in [3.63, 3.8) is 0 Å². The Kier molecular flexibility index (Phi) is 7.08. The van der Waals surface area contributed by atoms with Gasteiger partial charge in [0.25, 0.3) is 0 Å². The van der Waals surface area contributed by atoms with Gasteiger partial charge in [-0.15, -0.1) is 0 Å². The Morgan fingerprint density at radius 2 is 1.61 bits per heavy atom. The van der Waals surface area contributed by atoms with E-state index in [1.807, 2.05) is 0 Å². The van der Waals surface area contributed by atoms with Gasteiger partial charge in [0.1, 0.15) is 0 Å². The van der Waals surface area contributed by atoms with E-state index < -0.39 is 0 Å². The van der Waals surface area contributed by atoms with Gasteiger partial charge in [-0.25, -0.2) is 0 Å². The summed E-state index contributed by atoms with van der Waals surface area (Å²) < 4.78 is 0. The number of rotatable bonds is 6. The standard InChI is InChI=1S/C24H33N3S/c1-4-22(19-11-7-5-8-12-19)26-23(28)25-21-15-17-24(18-16-21,27(2)3)20-13-9-6-10-14-20/h5-14,21-22H,4,15-18H2,1-3H3,(H2,25,26,28). The molecule has 0 amide bonds. The normalized spacial score (nSPS) is 23.2. The van der Waals surface area contributed by atoms with Crippen molar-refractivity contribution in [1.82, 2.24) is 15.5 Å². The van der Waals surface area contributed by atoms with Crippen LogP contribution < -0.4 is 10.6 Å². The molecule has 2 aromatic carbocycles. The van der Waals surface area contributed by atoms with Crippen LogP contribution in [0.15, 0.2) is 60.7 Å². The molecule has 1 unspecified atom stereocenters. The lowest BCUT2D eigenvalue weighted by Gasteiger charge is -2.46. The first-order valence-corrected chi connectivity index (χ1v) is 10.8. The third-order valence-electron chi connectivity index (χ3n) is 6.23. The highest BCUT2D eigenvalue weighted by atomic mass is 32.1. The van der Waals surface area contributed by atoms with Crippen LogP contribution in [0, 0.1) is 0 Å². The van der Waals surface area contributed by atoms with E-state index in [9.17, 15) is 0 Å². The van der Waals surface area contributed by atoms with Crippen LogP contribution in [0.2, 0.25) is 0 Å². The third-order valence-corrected chi connectivity index (χ3v) is 6.47. The summed E-state index contributed by atoms with van der Waals surface area (Å²) in [6, 6.07) is 22.2. The highest BCUT2D eigenvalue weighted by Gasteiger charge is 2.38. The number of hydrogen-bond acceptors (Lipinski definition) is 2. The topological polar surface area (TPSA) is 27.3 Å². The van der Waals surface area contributed by atoms with Crippen molar-refractivity contribution in [2.45, 2.75) is 56.7 Å². The largest absolute Gasteiger partial charge is 0.360 e. The van der Waals surface area contributed by atoms with Crippen molar-refractivity contribution in [2.24, 2.45) is 0 Å². The molecule has 0 aliphatic heterocycles. The van der Waals surface area contributed by atoms with E-state index in [0.29, 0.717) is 6.04 Å². The maximum Gasteiger partial charge on any atom is 0.166 e. The zero-order valence-corrected chi connectivity index (χ0v) is 18.1. The lowest BCUT2D eigenvalue weighted by molar-refractivity contribution is 0.0888. The van der Waals surface area contributed by atoms with E-state index in [1.54, 1.807) is 0 Å². The third kappa shape index (κ3) is 4.73. The van der Waals surface area contributed by atoms with E-state index in [4.69, 9.17) is 12.2 Å². The van der Waals surface area contributed by atoms with Crippen molar-refractivity contribution >= 4 is 17.3 Å². The Bertz CT molecular complexity index is 737. The number of nitrogens with zero attached hydrogens (tertiary/aromatic N) is 1. The molecule has 3 rings (SSSR count). The van der Waals surface area contributed by atoms with Gasteiger partial charge in [-0.05, 0) is 69.5 Å². The second-order valence-electron chi connectivity index (χ2n) is 8.06. The first-order valence-electron chi connectivity index (χ1n) is 10.4. The molecule has 1 aliphatic carbocycles. The molecule has 150 valence electrons. The minimum atomic E-state index is 0.129. The highest BCUT2D eigenvalue weighted by Crippen LogP contribution is 2.41. The molecule has 1 aliphatic rings. The molecular weight excluding hydrogens is 362 g/mol. The van der Waals surface area contributed by atoms with Crippen molar-refractivity contribution in [2.75, 3.05) is 14.1 Å². The summed E-state index contributed by atoms with van der Waals surface area (Å²) in [7, 11) is 4.41. The Morgan fingerprint density at radius 1 is 1.04 bits per heavy atom. The van der Waals surface area contributed by atoms with Crippen molar-refractivity contribution < 1.29 is 0 Å². The van der Waals surface area contributed by atoms with Gasteiger partial charge in [-0.3, -0.25) is 4.90 Å². The summed E-state index contributed by atoms with van der Waals surface area (Å²) in [6.45, 7) is 2.19. The molecule has 3 nitrogen and oxygen atoms in total. The first-order chi connectivity index (χ1) is 13.5. The Morgan fingerprint density at radius 3 is 2.14 bits per heavy atom. The molecular formula is C24H33N3S. The minimum Gasteiger partial charge on any atom is -0.360 e. The summed E-state index contributed by atoms with van der Waals surface area (Å²) >= 11 is 5.65. The molecule has 0 bridgehead atoms. The SMILES string of the molecule is CCC(NC(=S)NC1CCC(c2ccccc2)(N(C)C)CC1)c1ccccc1. The fourth-order valence-corrected chi connectivity index (χ4v) is 4.78. The van der Waals surface area contributed by atoms with Crippen molar-refractivity contribution in [1.29, 1.82) is 0 Å². The van der Waals surface area contributed by atoms with Crippen LogP contribution in [0.1, 0.15) is 56.2 Å². The molecule has 0 spiro atoms. The summed E-state index contributed by atoms with van der Waals surface area (Å²) in [5.74, 6) is 0. The fourth-order valence-electron chi connectivity index (χ4n) is 4.47. The predicted octanol–water partition coefficient (Wildman–Crippen LogP) is 5.00. The van der Waals surface area contributed by atoms with Gasteiger partial charge >= 0.3 is 0 Å². The first kappa shape index (κ1) is 20.8. The van der Waals surface area contributed by atoms with Gasteiger partial charge in [0, 0.05) is 11.6 Å². The van der Waals surface area contributed by atoms with E-state index in [2.05, 4.69) is 97.2 Å². The fraction of sp³-hybridized carbons (Fsp3) is 0.458. The van der Waals surface area contributed by atoms with Gasteiger partial charge in [-0.1, -0.05) is 67.6 Å². The smallest absolute Gasteiger partial charge is 0.166 e. The summed E-state index contributed by atoms with van der Waals surface area (Å²) in [5, 5.41) is 7.87. The van der Waals surface area contributed by atoms with E-state index in [1.165, 1.54) is 11.1 Å². The van der Waals surface area contributed by atoms with Crippen LogP contribution in [-0.4, -0.2) is 30.1 Å². The lowest BCUT2D eigenvalue weighted by atomic mass is 9.74. The second kappa shape index (κ2) is 9.53. The molecule has 2 aromatic rings. The molecule has 1 saturated carbocycles. The predicted molar refractivity (Wildman–Crippen MR) is 122 cm³/mol. The number of benzene rings is 2. The van der Waals surface area contributed by atoms with Gasteiger partial charge in [0.15, 0.2) is 5.11 Å². The molecule has 1 fully saturated rings. The van der Waals surface area contributed by atoms with Gasteiger partial charge in [0.05, 0.1) is 6.04 Å². The summed E-state index contributed by atoms with van der Waals surface area (Å²) in [4.78, 5) is 2.40. The molecule has 0 saturated heterocycles. The van der Waals surface area contributed by atoms with Gasteiger partial charge in [0.2, 0.25) is 0 Å². The van der Waals surface area contributed by atoms with Crippen LogP contribution in [-0.2, 0) is 5.54 Å². The Balaban J connectivity index is 1.58. The molecule has 4 heteroatoms. The van der Waals surface area contributed by atoms with Gasteiger partial charge < -0.3 is 10.6 Å². The van der Waals surface area contributed by atoms with Crippen LogP contribution in [0.5, 0.6) is 0 Å². The molecule has 28 heavy (non-hydrogen) atoms. The van der Waals surface area contributed by atoms with E-state index >= 15 is 0 Å². The maximum absolute atomic E-state index is 5.65. The Labute approximate surface area is 175 Å². The average Bonchev–Trinajstić information content (AvgIpc) is 2.74. The molecule has 0 heterocycles. The number of nitrogens with one attached hydrogen (secondary N) is 2. The molecule has 1 atom stereocenters. The molecule has 0 aromatic heterocycles. The zero-order chi connectivity index (χ0) is 20.0. The van der Waals surface area contributed by atoms with E-state index in [0.717, 1.165) is 37.2 Å².